The highest BCUT2D eigenvalue weighted by atomic mass is 19.2. The van der Waals surface area contributed by atoms with E-state index >= 15 is 0 Å². The lowest BCUT2D eigenvalue weighted by Crippen LogP contribution is -2.43. The summed E-state index contributed by atoms with van der Waals surface area (Å²) in [5, 5.41) is 8.14. The Balaban J connectivity index is 1.98. The molecule has 1 aromatic carbocycles. The van der Waals surface area contributed by atoms with E-state index in [1.165, 1.54) is 13.3 Å². The Bertz CT molecular complexity index is 622. The fraction of sp³-hybridized carbons (Fsp3) is 0.529. The van der Waals surface area contributed by atoms with E-state index < -0.39 is 17.5 Å². The van der Waals surface area contributed by atoms with Crippen molar-refractivity contribution in [2.24, 2.45) is 5.92 Å². The SMILES string of the molecule is CC(=O)Nc1cc(F)c(F)cc1NCC(=O)NC1CCCCC1C. The number of hydrogen-bond acceptors (Lipinski definition) is 3. The van der Waals surface area contributed by atoms with Crippen molar-refractivity contribution in [3.63, 3.8) is 0 Å². The van der Waals surface area contributed by atoms with Crippen molar-refractivity contribution in [2.45, 2.75) is 45.6 Å². The van der Waals surface area contributed by atoms with Gasteiger partial charge >= 0.3 is 0 Å². The predicted molar refractivity (Wildman–Crippen MR) is 88.7 cm³/mol. The highest BCUT2D eigenvalue weighted by Gasteiger charge is 2.22. The van der Waals surface area contributed by atoms with Crippen LogP contribution in [-0.4, -0.2) is 24.4 Å². The Labute approximate surface area is 140 Å². The number of anilines is 2. The van der Waals surface area contributed by atoms with Crippen LogP contribution in [0.1, 0.15) is 39.5 Å². The van der Waals surface area contributed by atoms with E-state index in [-0.39, 0.29) is 29.9 Å². The third kappa shape index (κ3) is 4.91. The van der Waals surface area contributed by atoms with Gasteiger partial charge in [0.2, 0.25) is 11.8 Å². The van der Waals surface area contributed by atoms with Gasteiger partial charge in [-0.25, -0.2) is 8.78 Å². The molecule has 0 aliphatic heterocycles. The standard InChI is InChI=1S/C17H23F2N3O2/c1-10-5-3-4-6-14(10)22-17(24)9-20-15-7-12(18)13(19)8-16(15)21-11(2)23/h7-8,10,14,20H,3-6,9H2,1-2H3,(H,21,23)(H,22,24). The zero-order valence-corrected chi connectivity index (χ0v) is 13.9. The smallest absolute Gasteiger partial charge is 0.239 e. The maximum Gasteiger partial charge on any atom is 0.239 e. The molecule has 3 N–H and O–H groups in total. The highest BCUT2D eigenvalue weighted by molar-refractivity contribution is 5.93. The molecule has 0 aromatic heterocycles. The molecule has 0 saturated heterocycles. The first-order valence-corrected chi connectivity index (χ1v) is 8.16. The third-order valence-electron chi connectivity index (χ3n) is 4.27. The summed E-state index contributed by atoms with van der Waals surface area (Å²) >= 11 is 0. The molecule has 1 aromatic rings. The average molecular weight is 339 g/mol. The topological polar surface area (TPSA) is 70.2 Å². The van der Waals surface area contributed by atoms with Crippen LogP contribution in [0.3, 0.4) is 0 Å². The summed E-state index contributed by atoms with van der Waals surface area (Å²) in [5.74, 6) is -2.31. The minimum Gasteiger partial charge on any atom is -0.374 e. The van der Waals surface area contributed by atoms with Crippen LogP contribution < -0.4 is 16.0 Å². The van der Waals surface area contributed by atoms with E-state index in [4.69, 9.17) is 0 Å². The molecule has 0 radical (unpaired) electrons. The molecule has 2 atom stereocenters. The summed E-state index contributed by atoms with van der Waals surface area (Å²) < 4.78 is 26.7. The molecule has 1 aliphatic rings. The van der Waals surface area contributed by atoms with Crippen molar-refractivity contribution in [3.05, 3.63) is 23.8 Å². The second kappa shape index (κ2) is 8.08. The monoisotopic (exact) mass is 339 g/mol. The van der Waals surface area contributed by atoms with Crippen molar-refractivity contribution >= 4 is 23.2 Å². The molecule has 7 heteroatoms. The Morgan fingerprint density at radius 3 is 2.38 bits per heavy atom. The first-order chi connectivity index (χ1) is 11.4. The van der Waals surface area contributed by atoms with Crippen molar-refractivity contribution < 1.29 is 18.4 Å². The zero-order chi connectivity index (χ0) is 17.7. The maximum atomic E-state index is 13.4. The normalized spacial score (nSPS) is 20.3. The van der Waals surface area contributed by atoms with Crippen molar-refractivity contribution in [1.82, 2.24) is 5.32 Å². The number of nitrogens with one attached hydrogen (secondary N) is 3. The number of carbonyl (C=O) groups excluding carboxylic acids is 2. The fourth-order valence-corrected chi connectivity index (χ4v) is 2.95. The number of benzene rings is 1. The second-order valence-electron chi connectivity index (χ2n) is 6.28. The molecular formula is C17H23F2N3O2. The lowest BCUT2D eigenvalue weighted by atomic mass is 9.86. The number of amides is 2. The Morgan fingerprint density at radius 2 is 1.75 bits per heavy atom. The minimum absolute atomic E-state index is 0.0825. The van der Waals surface area contributed by atoms with Crippen LogP contribution >= 0.6 is 0 Å². The van der Waals surface area contributed by atoms with Crippen molar-refractivity contribution in [3.8, 4) is 0 Å². The number of rotatable bonds is 5. The van der Waals surface area contributed by atoms with E-state index in [1.807, 2.05) is 0 Å². The first kappa shape index (κ1) is 18.2. The van der Waals surface area contributed by atoms with Crippen LogP contribution in [-0.2, 0) is 9.59 Å². The largest absolute Gasteiger partial charge is 0.374 e. The van der Waals surface area contributed by atoms with Crippen LogP contribution in [0.2, 0.25) is 0 Å². The molecule has 1 saturated carbocycles. The van der Waals surface area contributed by atoms with E-state index in [1.54, 1.807) is 0 Å². The quantitative estimate of drug-likeness (QED) is 0.772. The fourth-order valence-electron chi connectivity index (χ4n) is 2.95. The van der Waals surface area contributed by atoms with Gasteiger partial charge < -0.3 is 16.0 Å². The lowest BCUT2D eigenvalue weighted by Gasteiger charge is -2.29. The summed E-state index contributed by atoms with van der Waals surface area (Å²) in [6, 6.07) is 1.96. The average Bonchev–Trinajstić information content (AvgIpc) is 2.51. The molecule has 0 heterocycles. The Hall–Kier alpha value is -2.18. The molecule has 0 bridgehead atoms. The first-order valence-electron chi connectivity index (χ1n) is 8.16. The Morgan fingerprint density at radius 1 is 1.12 bits per heavy atom. The van der Waals surface area contributed by atoms with Crippen LogP contribution in [0.15, 0.2) is 12.1 Å². The summed E-state index contributed by atoms with van der Waals surface area (Å²) in [6.07, 6.45) is 4.32. The van der Waals surface area contributed by atoms with Gasteiger partial charge in [-0.05, 0) is 18.8 Å². The molecule has 132 valence electrons. The number of hydrogen-bond donors (Lipinski definition) is 3. The summed E-state index contributed by atoms with van der Waals surface area (Å²) in [5.41, 5.74) is 0.260. The molecule has 1 fully saturated rings. The molecular weight excluding hydrogens is 316 g/mol. The van der Waals surface area contributed by atoms with Gasteiger partial charge in [0.05, 0.1) is 17.9 Å². The molecule has 2 rings (SSSR count). The predicted octanol–water partition coefficient (Wildman–Crippen LogP) is 3.03. The van der Waals surface area contributed by atoms with Crippen molar-refractivity contribution in [1.29, 1.82) is 0 Å². The van der Waals surface area contributed by atoms with Gasteiger partial charge in [-0.2, -0.15) is 0 Å². The number of halogens is 2. The van der Waals surface area contributed by atoms with Crippen LogP contribution in [0, 0.1) is 17.6 Å². The highest BCUT2D eigenvalue weighted by Crippen LogP contribution is 2.26. The van der Waals surface area contributed by atoms with Gasteiger partial charge in [0.25, 0.3) is 0 Å². The van der Waals surface area contributed by atoms with Crippen LogP contribution in [0.4, 0.5) is 20.2 Å². The minimum atomic E-state index is -1.07. The molecule has 2 unspecified atom stereocenters. The van der Waals surface area contributed by atoms with Gasteiger partial charge in [0.15, 0.2) is 11.6 Å². The van der Waals surface area contributed by atoms with Gasteiger partial charge in [-0.1, -0.05) is 19.8 Å². The molecule has 2 amide bonds. The van der Waals surface area contributed by atoms with Gasteiger partial charge in [-0.15, -0.1) is 0 Å². The molecule has 5 nitrogen and oxygen atoms in total. The zero-order valence-electron chi connectivity index (χ0n) is 13.9. The third-order valence-corrected chi connectivity index (χ3v) is 4.27. The second-order valence-corrected chi connectivity index (χ2v) is 6.28. The van der Waals surface area contributed by atoms with E-state index in [9.17, 15) is 18.4 Å². The van der Waals surface area contributed by atoms with Crippen molar-refractivity contribution in [2.75, 3.05) is 17.2 Å². The van der Waals surface area contributed by atoms with Gasteiger partial charge in [0.1, 0.15) is 0 Å². The molecule has 24 heavy (non-hydrogen) atoms. The van der Waals surface area contributed by atoms with E-state index in [2.05, 4.69) is 22.9 Å². The maximum absolute atomic E-state index is 13.4. The van der Waals surface area contributed by atoms with E-state index in [0.29, 0.717) is 5.92 Å². The summed E-state index contributed by atoms with van der Waals surface area (Å²) in [4.78, 5) is 23.3. The van der Waals surface area contributed by atoms with Gasteiger partial charge in [0, 0.05) is 25.1 Å². The lowest BCUT2D eigenvalue weighted by molar-refractivity contribution is -0.120. The summed E-state index contributed by atoms with van der Waals surface area (Å²) in [6.45, 7) is 3.30. The van der Waals surface area contributed by atoms with Crippen LogP contribution in [0.5, 0.6) is 0 Å². The van der Waals surface area contributed by atoms with Crippen LogP contribution in [0.25, 0.3) is 0 Å². The molecule has 1 aliphatic carbocycles. The summed E-state index contributed by atoms with van der Waals surface area (Å²) in [7, 11) is 0. The molecule has 0 spiro atoms. The van der Waals surface area contributed by atoms with E-state index in [0.717, 1.165) is 31.4 Å². The van der Waals surface area contributed by atoms with Gasteiger partial charge in [-0.3, -0.25) is 9.59 Å². The Kier molecular flexibility index (Phi) is 6.11. The number of carbonyl (C=O) groups is 2.